The lowest BCUT2D eigenvalue weighted by Gasteiger charge is -2.51. The Morgan fingerprint density at radius 2 is 1.66 bits per heavy atom. The molecule has 1 aromatic carbocycles. The number of amides is 1. The Morgan fingerprint density at radius 1 is 0.985 bits per heavy atom. The first-order chi connectivity index (χ1) is 31.4. The first-order valence-electron chi connectivity index (χ1n) is 25.0. The van der Waals surface area contributed by atoms with E-state index in [-0.39, 0.29) is 43.2 Å². The van der Waals surface area contributed by atoms with Crippen molar-refractivity contribution in [3.8, 4) is 0 Å². The van der Waals surface area contributed by atoms with Crippen LogP contribution in [0.4, 0.5) is 0 Å². The molecule has 0 spiro atoms. The minimum absolute atomic E-state index is 0.00409. The molecular weight excluding hydrogens is 861 g/mol. The van der Waals surface area contributed by atoms with Crippen LogP contribution in [0, 0.1) is 23.7 Å². The first-order valence-corrected chi connectivity index (χ1v) is 25.0. The number of nitrogens with zero attached hydrogens (tertiary/aromatic N) is 3. The topological polar surface area (TPSA) is 203 Å². The molecule has 4 heterocycles. The molecule has 16 heteroatoms. The molecule has 19 atom stereocenters. The van der Waals surface area contributed by atoms with Gasteiger partial charge >= 0.3 is 5.97 Å². The summed E-state index contributed by atoms with van der Waals surface area (Å²) in [4.78, 5) is 34.3. The zero-order valence-corrected chi connectivity index (χ0v) is 42.8. The minimum atomic E-state index is -1.81. The largest absolute Gasteiger partial charge is 0.459 e. The maximum atomic E-state index is 14.6. The molecule has 5 rings (SSSR count). The fourth-order valence-corrected chi connectivity index (χ4v) is 12.0. The highest BCUT2D eigenvalue weighted by Crippen LogP contribution is 2.45. The van der Waals surface area contributed by atoms with Gasteiger partial charge in [0.1, 0.15) is 30.0 Å². The van der Waals surface area contributed by atoms with Crippen molar-refractivity contribution in [3.63, 3.8) is 0 Å². The standard InChI is InChI=1S/C51H88N4O12/c1-14-40-51(10,62)43(57)34(6)54(12)28-30(2)26-49(8,61)45(32(4)41(33(5)47(60)66-40)39-27-50(9,63-13)44(58)35(7)65-39)67-48-42(56)38(25-31(3)64-48)53(11)24-22-52-46(59)37-21-18-23-55(37)29-36-19-16-15-17-20-36/h15-17,19-20,30-35,37-45,48,56-58,61-62H,14,18,21-29H2,1-13H3,(H,52,59)/t30-,31-,32+,33-,34-,35+,37+,38+,39?,40-,41+,42-,43-,44+,45-,48+,49-,50-,51-/m1/s1. The Kier molecular flexibility index (Phi) is 19.3. The summed E-state index contributed by atoms with van der Waals surface area (Å²) in [6.45, 7) is 20.8. The van der Waals surface area contributed by atoms with Crippen molar-refractivity contribution in [2.24, 2.45) is 23.7 Å². The predicted molar refractivity (Wildman–Crippen MR) is 255 cm³/mol. The molecular formula is C51H88N4O12. The van der Waals surface area contributed by atoms with E-state index in [1.807, 2.05) is 76.7 Å². The number of cyclic esters (lactones) is 1. The number of benzene rings is 1. The second kappa shape index (κ2) is 23.3. The van der Waals surface area contributed by atoms with Crippen LogP contribution in [0.15, 0.2) is 30.3 Å². The van der Waals surface area contributed by atoms with Gasteiger partial charge in [0.2, 0.25) is 5.91 Å². The van der Waals surface area contributed by atoms with Crippen molar-refractivity contribution in [1.29, 1.82) is 0 Å². The van der Waals surface area contributed by atoms with E-state index < -0.39 is 102 Å². The van der Waals surface area contributed by atoms with E-state index >= 15 is 0 Å². The van der Waals surface area contributed by atoms with E-state index in [1.54, 1.807) is 27.7 Å². The van der Waals surface area contributed by atoms with Crippen LogP contribution in [-0.4, -0.2) is 190 Å². The maximum absolute atomic E-state index is 14.6. The fourth-order valence-electron chi connectivity index (χ4n) is 12.0. The average Bonchev–Trinajstić information content (AvgIpc) is 3.74. The lowest BCUT2D eigenvalue weighted by Crippen LogP contribution is -2.62. The second-order valence-electron chi connectivity index (χ2n) is 21.7. The highest BCUT2D eigenvalue weighted by Gasteiger charge is 2.55. The van der Waals surface area contributed by atoms with Gasteiger partial charge in [-0.1, -0.05) is 58.0 Å². The van der Waals surface area contributed by atoms with E-state index in [4.69, 9.17) is 23.7 Å². The minimum Gasteiger partial charge on any atom is -0.459 e. The molecule has 1 aromatic rings. The van der Waals surface area contributed by atoms with Gasteiger partial charge in [0.05, 0.1) is 47.6 Å². The molecule has 4 aliphatic heterocycles. The Morgan fingerprint density at radius 3 is 2.30 bits per heavy atom. The number of esters is 1. The molecule has 4 fully saturated rings. The van der Waals surface area contributed by atoms with Crippen LogP contribution in [0.5, 0.6) is 0 Å². The van der Waals surface area contributed by atoms with Crippen molar-refractivity contribution in [2.75, 3.05) is 47.4 Å². The van der Waals surface area contributed by atoms with Gasteiger partial charge in [-0.05, 0) is 112 Å². The molecule has 0 radical (unpaired) electrons. The summed E-state index contributed by atoms with van der Waals surface area (Å²) < 4.78 is 32.1. The van der Waals surface area contributed by atoms with Gasteiger partial charge < -0.3 is 59.4 Å². The number of ether oxygens (including phenoxy) is 5. The summed E-state index contributed by atoms with van der Waals surface area (Å²) in [6, 6.07) is 8.99. The van der Waals surface area contributed by atoms with Gasteiger partial charge in [-0.3, -0.25) is 19.4 Å². The van der Waals surface area contributed by atoms with Crippen molar-refractivity contribution >= 4 is 11.9 Å². The molecule has 16 nitrogen and oxygen atoms in total. The lowest BCUT2D eigenvalue weighted by atomic mass is 9.68. The predicted octanol–water partition coefficient (Wildman–Crippen LogP) is 3.33. The van der Waals surface area contributed by atoms with E-state index in [9.17, 15) is 35.1 Å². The third-order valence-corrected chi connectivity index (χ3v) is 16.1. The van der Waals surface area contributed by atoms with Gasteiger partial charge in [-0.25, -0.2) is 0 Å². The highest BCUT2D eigenvalue weighted by atomic mass is 16.7. The number of hydrogen-bond donors (Lipinski definition) is 6. The van der Waals surface area contributed by atoms with E-state index in [0.29, 0.717) is 32.6 Å². The van der Waals surface area contributed by atoms with Crippen LogP contribution < -0.4 is 5.32 Å². The van der Waals surface area contributed by atoms with Crippen molar-refractivity contribution in [1.82, 2.24) is 20.0 Å². The van der Waals surface area contributed by atoms with E-state index in [1.165, 1.54) is 19.6 Å². The maximum Gasteiger partial charge on any atom is 0.309 e. The number of rotatable bonds is 12. The number of aliphatic hydroxyl groups is 5. The Bertz CT molecular complexity index is 1730. The van der Waals surface area contributed by atoms with Crippen LogP contribution >= 0.6 is 0 Å². The molecule has 384 valence electrons. The number of hydrogen-bond acceptors (Lipinski definition) is 15. The van der Waals surface area contributed by atoms with Gasteiger partial charge in [0, 0.05) is 57.7 Å². The summed E-state index contributed by atoms with van der Waals surface area (Å²) in [6.07, 6.45) is -5.61. The molecule has 0 bridgehead atoms. The summed E-state index contributed by atoms with van der Waals surface area (Å²) in [5.41, 5.74) is -3.28. The molecule has 1 unspecified atom stereocenters. The van der Waals surface area contributed by atoms with Crippen LogP contribution in [0.2, 0.25) is 0 Å². The third-order valence-electron chi connectivity index (χ3n) is 16.1. The van der Waals surface area contributed by atoms with Gasteiger partial charge in [-0.2, -0.15) is 0 Å². The quantitative estimate of drug-likeness (QED) is 0.167. The number of methoxy groups -OCH3 is 1. The summed E-state index contributed by atoms with van der Waals surface area (Å²) in [7, 11) is 5.30. The number of aliphatic hydroxyl groups excluding tert-OH is 3. The monoisotopic (exact) mass is 949 g/mol. The number of likely N-dealkylation sites (tertiary alicyclic amines) is 1. The fraction of sp³-hybridized carbons (Fsp3) is 0.843. The summed E-state index contributed by atoms with van der Waals surface area (Å²) >= 11 is 0. The van der Waals surface area contributed by atoms with E-state index in [2.05, 4.69) is 22.3 Å². The SMILES string of the molecule is CC[C@H]1OC(=O)[C@H](C)[C@@H](C2C[C@@](C)(OC)[C@@H](O)[C@H](C)O2)[C@H](C)[C@@H](O[C@@H]2O[C@H](C)C[C@H](N(C)CCNC(=O)[C@@H]3CCCN3Cc3ccccc3)[C@H]2O)[C@](C)(O)C[C@@H](C)CN(C)[C@H](C)[C@@H](O)[C@]1(C)O. The van der Waals surface area contributed by atoms with Crippen molar-refractivity contribution < 1.29 is 58.8 Å². The van der Waals surface area contributed by atoms with Gasteiger partial charge in [-0.15, -0.1) is 0 Å². The van der Waals surface area contributed by atoms with Crippen LogP contribution in [0.25, 0.3) is 0 Å². The first kappa shape index (κ1) is 55.6. The molecule has 4 aliphatic rings. The highest BCUT2D eigenvalue weighted by molar-refractivity contribution is 5.82. The number of carbonyl (C=O) groups excluding carboxylic acids is 2. The molecule has 6 N–H and O–H groups in total. The summed E-state index contributed by atoms with van der Waals surface area (Å²) in [5.74, 6) is -3.13. The molecule has 0 aliphatic carbocycles. The molecule has 0 saturated carbocycles. The van der Waals surface area contributed by atoms with Crippen molar-refractivity contribution in [3.05, 3.63) is 35.9 Å². The van der Waals surface area contributed by atoms with E-state index in [0.717, 1.165) is 19.4 Å². The Balaban J connectivity index is 1.44. The van der Waals surface area contributed by atoms with Gasteiger partial charge in [0.15, 0.2) is 6.29 Å². The normalized spacial score (nSPS) is 43.6. The van der Waals surface area contributed by atoms with Crippen molar-refractivity contribution in [2.45, 2.75) is 204 Å². The smallest absolute Gasteiger partial charge is 0.309 e. The zero-order valence-electron chi connectivity index (χ0n) is 42.8. The lowest BCUT2D eigenvalue weighted by molar-refractivity contribution is -0.302. The number of nitrogens with one attached hydrogen (secondary N) is 1. The summed E-state index contributed by atoms with van der Waals surface area (Å²) in [5, 5.41) is 63.1. The average molecular weight is 949 g/mol. The Labute approximate surface area is 401 Å². The molecule has 1 amide bonds. The number of likely N-dealkylation sites (N-methyl/N-ethyl adjacent to an activating group) is 2. The van der Waals surface area contributed by atoms with Crippen LogP contribution in [0.1, 0.15) is 113 Å². The Hall–Kier alpha value is -2.32. The second-order valence-corrected chi connectivity index (χ2v) is 21.7. The number of carbonyl (C=O) groups is 2. The molecule has 67 heavy (non-hydrogen) atoms. The van der Waals surface area contributed by atoms with Crippen LogP contribution in [-0.2, 0) is 39.8 Å². The zero-order chi connectivity index (χ0) is 49.8. The van der Waals surface area contributed by atoms with Crippen LogP contribution in [0.3, 0.4) is 0 Å². The third kappa shape index (κ3) is 13.0. The van der Waals surface area contributed by atoms with Gasteiger partial charge in [0.25, 0.3) is 0 Å². The molecule has 0 aromatic heterocycles. The molecule has 4 saturated heterocycles.